The van der Waals surface area contributed by atoms with Crippen molar-refractivity contribution in [1.29, 1.82) is 0 Å². The highest BCUT2D eigenvalue weighted by molar-refractivity contribution is 4.91. The highest BCUT2D eigenvalue weighted by Crippen LogP contribution is 2.22. The van der Waals surface area contributed by atoms with Crippen molar-refractivity contribution in [3.8, 4) is 0 Å². The number of likely N-dealkylation sites (N-methyl/N-ethyl adjacent to an activating group) is 1. The number of nitrogens with two attached hydrogens (primary N) is 1. The van der Waals surface area contributed by atoms with Crippen LogP contribution < -0.4 is 5.73 Å². The molecule has 4 heteroatoms. The molecule has 0 bridgehead atoms. The molecule has 1 saturated heterocycles. The minimum absolute atomic E-state index is 0.0888. The van der Waals surface area contributed by atoms with Gasteiger partial charge in [-0.15, -0.1) is 0 Å². The minimum Gasteiger partial charge on any atom is -0.385 e. The summed E-state index contributed by atoms with van der Waals surface area (Å²) >= 11 is 0. The van der Waals surface area contributed by atoms with Crippen LogP contribution >= 0.6 is 0 Å². The zero-order valence-electron chi connectivity index (χ0n) is 11.2. The number of nitrogens with zero attached hydrogens (tertiary/aromatic N) is 2. The normalized spacial score (nSPS) is 27.9. The number of piperazine rings is 1. The monoisotopic (exact) mass is 229 g/mol. The Kier molecular flexibility index (Phi) is 5.18. The molecule has 0 aromatic carbocycles. The molecule has 1 fully saturated rings. The molecule has 1 aliphatic heterocycles. The highest BCUT2D eigenvalue weighted by Gasteiger charge is 2.34. The first-order chi connectivity index (χ1) is 7.53. The van der Waals surface area contributed by atoms with E-state index in [9.17, 15) is 0 Å². The van der Waals surface area contributed by atoms with Gasteiger partial charge in [-0.2, -0.15) is 0 Å². The molecular formula is C12H27N3O. The van der Waals surface area contributed by atoms with Gasteiger partial charge in [-0.1, -0.05) is 0 Å². The van der Waals surface area contributed by atoms with Gasteiger partial charge in [-0.05, 0) is 27.3 Å². The van der Waals surface area contributed by atoms with Crippen LogP contribution in [0.25, 0.3) is 0 Å². The zero-order chi connectivity index (χ0) is 12.2. The van der Waals surface area contributed by atoms with Crippen molar-refractivity contribution in [2.24, 2.45) is 5.73 Å². The number of hydrogen-bond acceptors (Lipinski definition) is 4. The van der Waals surface area contributed by atoms with Crippen LogP contribution in [-0.2, 0) is 4.74 Å². The molecule has 0 aromatic heterocycles. The second-order valence-corrected chi connectivity index (χ2v) is 5.22. The van der Waals surface area contributed by atoms with Crippen molar-refractivity contribution in [3.63, 3.8) is 0 Å². The molecule has 16 heavy (non-hydrogen) atoms. The van der Waals surface area contributed by atoms with Crippen LogP contribution in [0.5, 0.6) is 0 Å². The van der Waals surface area contributed by atoms with Crippen LogP contribution in [0.3, 0.4) is 0 Å². The van der Waals surface area contributed by atoms with E-state index in [1.165, 1.54) is 0 Å². The van der Waals surface area contributed by atoms with Gasteiger partial charge in [0.2, 0.25) is 0 Å². The SMILES string of the molecule is COCCC(C)(CN)N1CCN(C)C(C)C1. The standard InChI is InChI=1S/C12H27N3O/c1-11-9-15(7-6-14(11)3)12(2,10-13)5-8-16-4/h11H,5-10,13H2,1-4H3. The van der Waals surface area contributed by atoms with Gasteiger partial charge in [0.1, 0.15) is 0 Å². The van der Waals surface area contributed by atoms with E-state index in [4.69, 9.17) is 10.5 Å². The Morgan fingerprint density at radius 1 is 1.44 bits per heavy atom. The summed E-state index contributed by atoms with van der Waals surface area (Å²) in [6.45, 7) is 9.36. The Bertz CT molecular complexity index is 212. The summed E-state index contributed by atoms with van der Waals surface area (Å²) in [5, 5.41) is 0. The summed E-state index contributed by atoms with van der Waals surface area (Å²) in [5.74, 6) is 0. The summed E-state index contributed by atoms with van der Waals surface area (Å²) in [4.78, 5) is 4.93. The van der Waals surface area contributed by atoms with Crippen molar-refractivity contribution in [3.05, 3.63) is 0 Å². The summed E-state index contributed by atoms with van der Waals surface area (Å²) in [6.07, 6.45) is 1.01. The largest absolute Gasteiger partial charge is 0.385 e. The summed E-state index contributed by atoms with van der Waals surface area (Å²) < 4.78 is 5.19. The molecule has 0 aromatic rings. The molecular weight excluding hydrogens is 202 g/mol. The molecule has 1 rings (SSSR count). The van der Waals surface area contributed by atoms with E-state index < -0.39 is 0 Å². The number of rotatable bonds is 5. The van der Waals surface area contributed by atoms with Crippen molar-refractivity contribution < 1.29 is 4.74 Å². The Hall–Kier alpha value is -0.160. The third kappa shape index (κ3) is 3.17. The maximum atomic E-state index is 5.95. The third-order valence-electron chi connectivity index (χ3n) is 4.01. The molecule has 0 radical (unpaired) electrons. The molecule has 1 heterocycles. The first kappa shape index (κ1) is 13.9. The molecule has 4 nitrogen and oxygen atoms in total. The third-order valence-corrected chi connectivity index (χ3v) is 4.01. The van der Waals surface area contributed by atoms with Gasteiger partial charge in [0.25, 0.3) is 0 Å². The second kappa shape index (κ2) is 5.96. The summed E-state index contributed by atoms with van der Waals surface area (Å²) in [6, 6.07) is 0.613. The van der Waals surface area contributed by atoms with E-state index in [0.717, 1.165) is 32.7 Å². The van der Waals surface area contributed by atoms with Crippen LogP contribution in [0, 0.1) is 0 Å². The maximum absolute atomic E-state index is 5.95. The second-order valence-electron chi connectivity index (χ2n) is 5.22. The van der Waals surface area contributed by atoms with E-state index in [1.54, 1.807) is 7.11 Å². The van der Waals surface area contributed by atoms with Crippen molar-refractivity contribution in [1.82, 2.24) is 9.80 Å². The predicted octanol–water partition coefficient (Wildman–Crippen LogP) is 0.376. The lowest BCUT2D eigenvalue weighted by molar-refractivity contribution is 0.0105. The van der Waals surface area contributed by atoms with Crippen molar-refractivity contribution in [2.45, 2.75) is 31.8 Å². The quantitative estimate of drug-likeness (QED) is 0.740. The molecule has 1 aliphatic rings. The van der Waals surface area contributed by atoms with Gasteiger partial charge < -0.3 is 15.4 Å². The Morgan fingerprint density at radius 2 is 2.12 bits per heavy atom. The molecule has 0 aliphatic carbocycles. The fraction of sp³-hybridized carbons (Fsp3) is 1.00. The number of ether oxygens (including phenoxy) is 1. The van der Waals surface area contributed by atoms with Gasteiger partial charge in [0, 0.05) is 51.5 Å². The first-order valence-corrected chi connectivity index (χ1v) is 6.18. The summed E-state index contributed by atoms with van der Waals surface area (Å²) in [7, 11) is 3.94. The van der Waals surface area contributed by atoms with E-state index in [1.807, 2.05) is 0 Å². The molecule has 0 saturated carbocycles. The van der Waals surface area contributed by atoms with Crippen LogP contribution in [0.15, 0.2) is 0 Å². The van der Waals surface area contributed by atoms with Gasteiger partial charge in [-0.3, -0.25) is 4.90 Å². The van der Waals surface area contributed by atoms with Crippen LogP contribution in [0.1, 0.15) is 20.3 Å². The Labute approximate surface area is 99.7 Å². The van der Waals surface area contributed by atoms with E-state index in [-0.39, 0.29) is 5.54 Å². The Balaban J connectivity index is 2.58. The van der Waals surface area contributed by atoms with Crippen molar-refractivity contribution in [2.75, 3.05) is 46.9 Å². The fourth-order valence-corrected chi connectivity index (χ4v) is 2.25. The highest BCUT2D eigenvalue weighted by atomic mass is 16.5. The van der Waals surface area contributed by atoms with Gasteiger partial charge in [0.15, 0.2) is 0 Å². The maximum Gasteiger partial charge on any atom is 0.0480 e. The van der Waals surface area contributed by atoms with Crippen LogP contribution in [0.2, 0.25) is 0 Å². The van der Waals surface area contributed by atoms with E-state index >= 15 is 0 Å². The lowest BCUT2D eigenvalue weighted by Gasteiger charge is -2.47. The molecule has 2 unspecified atom stereocenters. The summed E-state index contributed by atoms with van der Waals surface area (Å²) in [5.41, 5.74) is 6.04. The van der Waals surface area contributed by atoms with Gasteiger partial charge in [-0.25, -0.2) is 0 Å². The number of hydrogen-bond donors (Lipinski definition) is 1. The minimum atomic E-state index is 0.0888. The first-order valence-electron chi connectivity index (χ1n) is 6.18. The van der Waals surface area contributed by atoms with Gasteiger partial charge in [0.05, 0.1) is 0 Å². The zero-order valence-corrected chi connectivity index (χ0v) is 11.2. The smallest absolute Gasteiger partial charge is 0.0480 e. The fourth-order valence-electron chi connectivity index (χ4n) is 2.25. The predicted molar refractivity (Wildman–Crippen MR) is 67.6 cm³/mol. The van der Waals surface area contributed by atoms with Crippen LogP contribution in [0.4, 0.5) is 0 Å². The molecule has 96 valence electrons. The molecule has 0 spiro atoms. The lowest BCUT2D eigenvalue weighted by Crippen LogP contribution is -2.61. The van der Waals surface area contributed by atoms with Crippen LogP contribution in [-0.4, -0.2) is 68.3 Å². The molecule has 2 N–H and O–H groups in total. The lowest BCUT2D eigenvalue weighted by atomic mass is 9.94. The Morgan fingerprint density at radius 3 is 2.62 bits per heavy atom. The molecule has 2 atom stereocenters. The van der Waals surface area contributed by atoms with Crippen molar-refractivity contribution >= 4 is 0 Å². The number of methoxy groups -OCH3 is 1. The van der Waals surface area contributed by atoms with E-state index in [0.29, 0.717) is 12.6 Å². The van der Waals surface area contributed by atoms with E-state index in [2.05, 4.69) is 30.7 Å². The topological polar surface area (TPSA) is 41.7 Å². The average Bonchev–Trinajstić information content (AvgIpc) is 2.29. The molecule has 0 amide bonds. The average molecular weight is 229 g/mol. The van der Waals surface area contributed by atoms with Gasteiger partial charge >= 0.3 is 0 Å².